The molecule has 0 amide bonds. The lowest BCUT2D eigenvalue weighted by molar-refractivity contribution is 0.261. The van der Waals surface area contributed by atoms with Crippen molar-refractivity contribution in [2.75, 3.05) is 13.1 Å². The topological polar surface area (TPSA) is 42.1 Å². The molecule has 108 valence electrons. The Hall–Kier alpha value is -1.42. The van der Waals surface area contributed by atoms with Crippen molar-refractivity contribution >= 4 is 12.4 Å². The van der Waals surface area contributed by atoms with Crippen molar-refractivity contribution in [3.8, 4) is 0 Å². The third-order valence-electron chi connectivity index (χ3n) is 3.05. The number of pyridine rings is 1. The van der Waals surface area contributed by atoms with E-state index in [1.165, 1.54) is 11.1 Å². The second-order valence-electron chi connectivity index (χ2n) is 4.81. The Morgan fingerprint density at radius 1 is 1.05 bits per heavy atom. The Bertz CT molecular complexity index is 485. The molecule has 0 aliphatic rings. The van der Waals surface area contributed by atoms with Gasteiger partial charge in [0.1, 0.15) is 0 Å². The van der Waals surface area contributed by atoms with E-state index < -0.39 is 0 Å². The summed E-state index contributed by atoms with van der Waals surface area (Å²) in [5.74, 6) is 0. The number of halogens is 1. The van der Waals surface area contributed by atoms with E-state index in [9.17, 15) is 0 Å². The highest BCUT2D eigenvalue weighted by atomic mass is 35.5. The van der Waals surface area contributed by atoms with Crippen LogP contribution in [-0.2, 0) is 13.1 Å². The molecule has 2 N–H and O–H groups in total. The number of rotatable bonds is 6. The largest absolute Gasteiger partial charge is 0.329 e. The molecule has 1 heterocycles. The zero-order valence-corrected chi connectivity index (χ0v) is 12.6. The average molecular weight is 292 g/mol. The molecule has 2 aromatic rings. The molecule has 0 aliphatic carbocycles. The third-order valence-corrected chi connectivity index (χ3v) is 3.05. The average Bonchev–Trinajstić information content (AvgIpc) is 2.43. The molecule has 0 fully saturated rings. The summed E-state index contributed by atoms with van der Waals surface area (Å²) in [6.07, 6.45) is 1.92. The lowest BCUT2D eigenvalue weighted by Gasteiger charge is -2.21. The molecule has 2 rings (SSSR count). The molecule has 0 radical (unpaired) electrons. The zero-order valence-electron chi connectivity index (χ0n) is 11.8. The Balaban J connectivity index is 0.00000200. The molecule has 1 aromatic heterocycles. The van der Waals surface area contributed by atoms with Crippen LogP contribution in [0.1, 0.15) is 16.8 Å². The number of benzene rings is 1. The third kappa shape index (κ3) is 5.29. The Labute approximate surface area is 127 Å². The molecule has 1 aromatic carbocycles. The first-order valence-electron chi connectivity index (χ1n) is 6.66. The van der Waals surface area contributed by atoms with Gasteiger partial charge in [0.05, 0.1) is 5.69 Å². The van der Waals surface area contributed by atoms with Gasteiger partial charge < -0.3 is 5.73 Å². The summed E-state index contributed by atoms with van der Waals surface area (Å²) < 4.78 is 0. The summed E-state index contributed by atoms with van der Waals surface area (Å²) in [7, 11) is 0. The van der Waals surface area contributed by atoms with Crippen LogP contribution in [0.4, 0.5) is 0 Å². The number of nitrogens with two attached hydrogens (primary N) is 1. The molecule has 0 saturated carbocycles. The quantitative estimate of drug-likeness (QED) is 0.890. The summed E-state index contributed by atoms with van der Waals surface area (Å²) in [5, 5.41) is 0. The summed E-state index contributed by atoms with van der Waals surface area (Å²) in [5.41, 5.74) is 9.29. The molecule has 0 aliphatic heterocycles. The molecular formula is C16H22ClN3. The molecule has 4 heteroatoms. The van der Waals surface area contributed by atoms with Gasteiger partial charge in [-0.3, -0.25) is 9.88 Å². The number of hydrogen-bond donors (Lipinski definition) is 1. The van der Waals surface area contributed by atoms with Crippen LogP contribution in [0.25, 0.3) is 0 Å². The van der Waals surface area contributed by atoms with Gasteiger partial charge in [-0.05, 0) is 24.1 Å². The van der Waals surface area contributed by atoms with Crippen LogP contribution in [0.5, 0.6) is 0 Å². The van der Waals surface area contributed by atoms with E-state index in [4.69, 9.17) is 5.73 Å². The summed E-state index contributed by atoms with van der Waals surface area (Å²) in [4.78, 5) is 6.79. The minimum Gasteiger partial charge on any atom is -0.329 e. The molecule has 0 unspecified atom stereocenters. The van der Waals surface area contributed by atoms with Gasteiger partial charge in [0.15, 0.2) is 0 Å². The van der Waals surface area contributed by atoms with Crippen LogP contribution in [-0.4, -0.2) is 23.0 Å². The van der Waals surface area contributed by atoms with Crippen molar-refractivity contribution in [1.29, 1.82) is 0 Å². The molecule has 20 heavy (non-hydrogen) atoms. The maximum Gasteiger partial charge on any atom is 0.0544 e. The van der Waals surface area contributed by atoms with E-state index in [0.29, 0.717) is 6.54 Å². The minimum atomic E-state index is 0. The zero-order chi connectivity index (χ0) is 13.5. The minimum absolute atomic E-state index is 0. The first kappa shape index (κ1) is 16.6. The van der Waals surface area contributed by atoms with Crippen LogP contribution in [0.15, 0.2) is 48.7 Å². The smallest absolute Gasteiger partial charge is 0.0544 e. The van der Waals surface area contributed by atoms with E-state index in [0.717, 1.165) is 25.3 Å². The summed E-state index contributed by atoms with van der Waals surface area (Å²) in [6, 6.07) is 14.7. The van der Waals surface area contributed by atoms with E-state index in [1.54, 1.807) is 0 Å². The van der Waals surface area contributed by atoms with Crippen molar-refractivity contribution in [3.05, 3.63) is 65.5 Å². The Kier molecular flexibility index (Phi) is 7.23. The van der Waals surface area contributed by atoms with Crippen LogP contribution < -0.4 is 5.73 Å². The van der Waals surface area contributed by atoms with Gasteiger partial charge in [0.25, 0.3) is 0 Å². The lowest BCUT2D eigenvalue weighted by atomic mass is 10.2. The predicted molar refractivity (Wildman–Crippen MR) is 85.8 cm³/mol. The van der Waals surface area contributed by atoms with E-state index >= 15 is 0 Å². The van der Waals surface area contributed by atoms with Crippen LogP contribution in [0.2, 0.25) is 0 Å². The van der Waals surface area contributed by atoms with Gasteiger partial charge in [-0.25, -0.2) is 0 Å². The second kappa shape index (κ2) is 8.69. The van der Waals surface area contributed by atoms with Gasteiger partial charge >= 0.3 is 0 Å². The first-order valence-corrected chi connectivity index (χ1v) is 6.66. The number of hydrogen-bond acceptors (Lipinski definition) is 3. The highest BCUT2D eigenvalue weighted by Crippen LogP contribution is 2.08. The number of nitrogens with zero attached hydrogens (tertiary/aromatic N) is 2. The second-order valence-corrected chi connectivity index (χ2v) is 4.81. The van der Waals surface area contributed by atoms with Crippen molar-refractivity contribution < 1.29 is 0 Å². The predicted octanol–water partition coefficient (Wildman–Crippen LogP) is 2.77. The standard InChI is InChI=1S/C16H21N3.ClH/c1-14-7-8-16(18-11-14)13-19(10-9-17)12-15-5-3-2-4-6-15;/h2-8,11H,9-10,12-13,17H2,1H3;1H. The molecule has 0 bridgehead atoms. The van der Waals surface area contributed by atoms with Gasteiger partial charge in [-0.2, -0.15) is 0 Å². The fourth-order valence-electron chi connectivity index (χ4n) is 2.06. The van der Waals surface area contributed by atoms with E-state index in [1.807, 2.05) is 12.3 Å². The molecule has 0 spiro atoms. The highest BCUT2D eigenvalue weighted by molar-refractivity contribution is 5.85. The summed E-state index contributed by atoms with van der Waals surface area (Å²) in [6.45, 7) is 5.35. The maximum absolute atomic E-state index is 5.70. The SMILES string of the molecule is Cc1ccc(CN(CCN)Cc2ccccc2)nc1.Cl. The number of aryl methyl sites for hydroxylation is 1. The van der Waals surface area contributed by atoms with E-state index in [2.05, 4.69) is 53.2 Å². The maximum atomic E-state index is 5.70. The van der Waals surface area contributed by atoms with Gasteiger partial charge in [0, 0.05) is 32.4 Å². The molecule has 0 atom stereocenters. The Morgan fingerprint density at radius 2 is 1.80 bits per heavy atom. The van der Waals surface area contributed by atoms with Crippen molar-refractivity contribution in [2.45, 2.75) is 20.0 Å². The van der Waals surface area contributed by atoms with Gasteiger partial charge in [0.2, 0.25) is 0 Å². The van der Waals surface area contributed by atoms with Crippen LogP contribution >= 0.6 is 12.4 Å². The molecule has 3 nitrogen and oxygen atoms in total. The van der Waals surface area contributed by atoms with Crippen LogP contribution in [0, 0.1) is 6.92 Å². The monoisotopic (exact) mass is 291 g/mol. The highest BCUT2D eigenvalue weighted by Gasteiger charge is 2.06. The fourth-order valence-corrected chi connectivity index (χ4v) is 2.06. The Morgan fingerprint density at radius 3 is 2.40 bits per heavy atom. The van der Waals surface area contributed by atoms with Crippen LogP contribution in [0.3, 0.4) is 0 Å². The van der Waals surface area contributed by atoms with E-state index in [-0.39, 0.29) is 12.4 Å². The van der Waals surface area contributed by atoms with Gasteiger partial charge in [-0.1, -0.05) is 36.4 Å². The first-order chi connectivity index (χ1) is 9.28. The van der Waals surface area contributed by atoms with Crippen molar-refractivity contribution in [2.24, 2.45) is 5.73 Å². The van der Waals surface area contributed by atoms with Crippen molar-refractivity contribution in [3.63, 3.8) is 0 Å². The normalized spacial score (nSPS) is 10.3. The lowest BCUT2D eigenvalue weighted by Crippen LogP contribution is -2.29. The number of aromatic nitrogens is 1. The van der Waals surface area contributed by atoms with Crippen molar-refractivity contribution in [1.82, 2.24) is 9.88 Å². The fraction of sp³-hybridized carbons (Fsp3) is 0.312. The molecular weight excluding hydrogens is 270 g/mol. The van der Waals surface area contributed by atoms with Gasteiger partial charge in [-0.15, -0.1) is 12.4 Å². The molecule has 0 saturated heterocycles. The summed E-state index contributed by atoms with van der Waals surface area (Å²) >= 11 is 0.